The van der Waals surface area contributed by atoms with Crippen LogP contribution in [0.5, 0.6) is 0 Å². The smallest absolute Gasteiger partial charge is 0.337 e. The standard InChI is InChI=1S/C17H13Cl2N5O2/c1-26-16(25)10-6-7-12(19)14(8-10)22-17-23-15(9-20-24-17)21-13-5-3-2-4-11(13)18/h2-9H,1H3,(H2,21,22,23,24). The predicted molar refractivity (Wildman–Crippen MR) is 101 cm³/mol. The van der Waals surface area contributed by atoms with Crippen LogP contribution < -0.4 is 10.6 Å². The lowest BCUT2D eigenvalue weighted by Gasteiger charge is -2.10. The lowest BCUT2D eigenvalue weighted by atomic mass is 10.2. The van der Waals surface area contributed by atoms with Crippen molar-refractivity contribution in [2.75, 3.05) is 17.7 Å². The van der Waals surface area contributed by atoms with E-state index in [0.29, 0.717) is 32.8 Å². The molecule has 2 aromatic carbocycles. The number of carbonyl (C=O) groups excluding carboxylic acids is 1. The van der Waals surface area contributed by atoms with Gasteiger partial charge in [-0.1, -0.05) is 35.3 Å². The molecule has 1 heterocycles. The quantitative estimate of drug-likeness (QED) is 0.622. The summed E-state index contributed by atoms with van der Waals surface area (Å²) in [5, 5.41) is 14.7. The minimum Gasteiger partial charge on any atom is -0.465 e. The number of hydrogen-bond acceptors (Lipinski definition) is 7. The van der Waals surface area contributed by atoms with E-state index in [4.69, 9.17) is 27.9 Å². The molecule has 0 spiro atoms. The first kappa shape index (κ1) is 17.9. The number of carbonyl (C=O) groups is 1. The number of nitrogens with one attached hydrogen (secondary N) is 2. The number of aromatic nitrogens is 3. The molecule has 0 saturated heterocycles. The molecule has 3 rings (SSSR count). The summed E-state index contributed by atoms with van der Waals surface area (Å²) in [6.07, 6.45) is 1.46. The highest BCUT2D eigenvalue weighted by molar-refractivity contribution is 6.33. The Balaban J connectivity index is 1.83. The van der Waals surface area contributed by atoms with Gasteiger partial charge in [0.25, 0.3) is 0 Å². The van der Waals surface area contributed by atoms with E-state index in [-0.39, 0.29) is 5.95 Å². The van der Waals surface area contributed by atoms with Crippen molar-refractivity contribution >= 4 is 52.3 Å². The van der Waals surface area contributed by atoms with Crippen molar-refractivity contribution in [3.05, 3.63) is 64.3 Å². The lowest BCUT2D eigenvalue weighted by Crippen LogP contribution is -2.05. The third kappa shape index (κ3) is 4.19. The van der Waals surface area contributed by atoms with Gasteiger partial charge in [0.05, 0.1) is 40.3 Å². The maximum atomic E-state index is 11.7. The molecule has 26 heavy (non-hydrogen) atoms. The molecule has 7 nitrogen and oxygen atoms in total. The first-order valence-corrected chi connectivity index (χ1v) is 8.18. The Labute approximate surface area is 159 Å². The molecule has 0 aliphatic carbocycles. The van der Waals surface area contributed by atoms with Crippen LogP contribution in [0.3, 0.4) is 0 Å². The number of benzene rings is 2. The first-order chi connectivity index (χ1) is 12.6. The summed E-state index contributed by atoms with van der Waals surface area (Å²) in [6.45, 7) is 0. The van der Waals surface area contributed by atoms with Crippen LogP contribution in [-0.4, -0.2) is 28.3 Å². The van der Waals surface area contributed by atoms with Crippen LogP contribution in [0, 0.1) is 0 Å². The van der Waals surface area contributed by atoms with Gasteiger partial charge in [0.2, 0.25) is 5.95 Å². The summed E-state index contributed by atoms with van der Waals surface area (Å²) >= 11 is 12.3. The average molecular weight is 390 g/mol. The fraction of sp³-hybridized carbons (Fsp3) is 0.0588. The minimum atomic E-state index is -0.474. The topological polar surface area (TPSA) is 89.0 Å². The zero-order chi connectivity index (χ0) is 18.5. The van der Waals surface area contributed by atoms with Gasteiger partial charge in [-0.2, -0.15) is 10.1 Å². The Morgan fingerprint density at radius 2 is 1.81 bits per heavy atom. The Morgan fingerprint density at radius 1 is 1.04 bits per heavy atom. The molecular weight excluding hydrogens is 377 g/mol. The van der Waals surface area contributed by atoms with Crippen molar-refractivity contribution in [2.24, 2.45) is 0 Å². The number of hydrogen-bond donors (Lipinski definition) is 2. The predicted octanol–water partition coefficient (Wildman–Crippen LogP) is 4.45. The summed E-state index contributed by atoms with van der Waals surface area (Å²) in [5.41, 5.74) is 1.48. The number of anilines is 4. The van der Waals surface area contributed by atoms with Crippen LogP contribution in [0.4, 0.5) is 23.1 Å². The Kier molecular flexibility index (Phi) is 5.50. The van der Waals surface area contributed by atoms with E-state index in [1.807, 2.05) is 18.2 Å². The second kappa shape index (κ2) is 7.99. The molecule has 0 radical (unpaired) electrons. The summed E-state index contributed by atoms with van der Waals surface area (Å²) in [5.74, 6) is 0.166. The SMILES string of the molecule is COC(=O)c1ccc(Cl)c(Nc2nncc(Nc3ccccc3Cl)n2)c1. The van der Waals surface area contributed by atoms with Crippen molar-refractivity contribution in [1.82, 2.24) is 15.2 Å². The van der Waals surface area contributed by atoms with E-state index in [2.05, 4.69) is 25.8 Å². The molecule has 0 aliphatic rings. The van der Waals surface area contributed by atoms with Gasteiger partial charge in [-0.15, -0.1) is 5.10 Å². The number of nitrogens with zero attached hydrogens (tertiary/aromatic N) is 3. The van der Waals surface area contributed by atoms with Crippen molar-refractivity contribution in [3.63, 3.8) is 0 Å². The molecular formula is C17H13Cl2N5O2. The van der Waals surface area contributed by atoms with Crippen molar-refractivity contribution in [2.45, 2.75) is 0 Å². The maximum Gasteiger partial charge on any atom is 0.337 e. The summed E-state index contributed by atoms with van der Waals surface area (Å²) < 4.78 is 4.70. The van der Waals surface area contributed by atoms with Crippen LogP contribution in [0.15, 0.2) is 48.7 Å². The average Bonchev–Trinajstić information content (AvgIpc) is 2.65. The first-order valence-electron chi connectivity index (χ1n) is 7.43. The molecule has 0 bridgehead atoms. The van der Waals surface area contributed by atoms with Crippen LogP contribution in [0.1, 0.15) is 10.4 Å². The number of rotatable bonds is 5. The normalized spacial score (nSPS) is 10.3. The molecule has 3 aromatic rings. The number of esters is 1. The van der Waals surface area contributed by atoms with Crippen LogP contribution in [0.2, 0.25) is 10.0 Å². The monoisotopic (exact) mass is 389 g/mol. The number of methoxy groups -OCH3 is 1. The van der Waals surface area contributed by atoms with Crippen molar-refractivity contribution in [3.8, 4) is 0 Å². The molecule has 0 amide bonds. The fourth-order valence-electron chi connectivity index (χ4n) is 2.10. The molecule has 9 heteroatoms. The highest BCUT2D eigenvalue weighted by atomic mass is 35.5. The van der Waals surface area contributed by atoms with Crippen LogP contribution in [-0.2, 0) is 4.74 Å². The minimum absolute atomic E-state index is 0.200. The molecule has 0 aliphatic heterocycles. The highest BCUT2D eigenvalue weighted by Crippen LogP contribution is 2.27. The van der Waals surface area contributed by atoms with Gasteiger partial charge in [-0.3, -0.25) is 0 Å². The zero-order valence-corrected chi connectivity index (χ0v) is 15.0. The lowest BCUT2D eigenvalue weighted by molar-refractivity contribution is 0.0601. The van der Waals surface area contributed by atoms with E-state index in [0.717, 1.165) is 0 Å². The molecule has 1 aromatic heterocycles. The van der Waals surface area contributed by atoms with E-state index in [1.54, 1.807) is 24.3 Å². The largest absolute Gasteiger partial charge is 0.465 e. The zero-order valence-electron chi connectivity index (χ0n) is 13.5. The molecule has 0 fully saturated rings. The van der Waals surface area contributed by atoms with Gasteiger partial charge in [0.1, 0.15) is 0 Å². The van der Waals surface area contributed by atoms with Gasteiger partial charge < -0.3 is 15.4 Å². The van der Waals surface area contributed by atoms with Crippen molar-refractivity contribution < 1.29 is 9.53 Å². The van der Waals surface area contributed by atoms with Gasteiger partial charge in [-0.25, -0.2) is 4.79 Å². The number of para-hydroxylation sites is 1. The van der Waals surface area contributed by atoms with Gasteiger partial charge >= 0.3 is 5.97 Å². The van der Waals surface area contributed by atoms with Crippen molar-refractivity contribution in [1.29, 1.82) is 0 Å². The van der Waals surface area contributed by atoms with Crippen LogP contribution in [0.25, 0.3) is 0 Å². The summed E-state index contributed by atoms with van der Waals surface area (Å²) in [7, 11) is 1.31. The molecule has 0 atom stereocenters. The Morgan fingerprint density at radius 3 is 2.58 bits per heavy atom. The maximum absolute atomic E-state index is 11.7. The summed E-state index contributed by atoms with van der Waals surface area (Å²) in [6, 6.07) is 11.9. The van der Waals surface area contributed by atoms with Gasteiger partial charge in [0.15, 0.2) is 5.82 Å². The fourth-order valence-corrected chi connectivity index (χ4v) is 2.45. The van der Waals surface area contributed by atoms with Gasteiger partial charge in [-0.05, 0) is 30.3 Å². The molecule has 0 saturated carbocycles. The van der Waals surface area contributed by atoms with E-state index < -0.39 is 5.97 Å². The number of halogens is 2. The van der Waals surface area contributed by atoms with Crippen LogP contribution >= 0.6 is 23.2 Å². The third-order valence-electron chi connectivity index (χ3n) is 3.33. The highest BCUT2D eigenvalue weighted by Gasteiger charge is 2.11. The summed E-state index contributed by atoms with van der Waals surface area (Å²) in [4.78, 5) is 16.0. The van der Waals surface area contributed by atoms with Gasteiger partial charge in [0, 0.05) is 0 Å². The third-order valence-corrected chi connectivity index (χ3v) is 3.99. The van der Waals surface area contributed by atoms with E-state index in [9.17, 15) is 4.79 Å². The molecule has 2 N–H and O–H groups in total. The second-order valence-electron chi connectivity index (χ2n) is 5.08. The Hall–Kier alpha value is -2.90. The molecule has 0 unspecified atom stereocenters. The molecule has 132 valence electrons. The number of ether oxygens (including phenoxy) is 1. The van der Waals surface area contributed by atoms with E-state index >= 15 is 0 Å². The second-order valence-corrected chi connectivity index (χ2v) is 5.90. The van der Waals surface area contributed by atoms with E-state index in [1.165, 1.54) is 13.3 Å². The Bertz CT molecular complexity index is 952.